The number of carbonyl (C=O) groups is 1. The molecule has 0 N–H and O–H groups in total. The predicted molar refractivity (Wildman–Crippen MR) is 105 cm³/mol. The van der Waals surface area contributed by atoms with Crippen molar-refractivity contribution in [2.75, 3.05) is 18.6 Å². The van der Waals surface area contributed by atoms with Crippen LogP contribution in [0.15, 0.2) is 46.6 Å². The lowest BCUT2D eigenvalue weighted by atomic mass is 9.94. The van der Waals surface area contributed by atoms with E-state index in [2.05, 4.69) is 0 Å². The molecule has 0 saturated heterocycles. The molecule has 0 spiro atoms. The SMILES string of the molecule is C/C=C/C(C#N)=C/[C@@H]1[C@@H](C(=O)OCC2=C(F)C(F)=C(CSC)C(F)C2F)C1(C)C. The van der Waals surface area contributed by atoms with Crippen molar-refractivity contribution in [3.8, 4) is 6.07 Å². The Balaban J connectivity index is 2.14. The van der Waals surface area contributed by atoms with Crippen LogP contribution in [0.5, 0.6) is 0 Å². The minimum absolute atomic E-state index is 0.175. The highest BCUT2D eigenvalue weighted by Crippen LogP contribution is 2.60. The van der Waals surface area contributed by atoms with Crippen LogP contribution in [0.2, 0.25) is 0 Å². The summed E-state index contributed by atoms with van der Waals surface area (Å²) in [6.45, 7) is 4.50. The Morgan fingerprint density at radius 1 is 1.24 bits per heavy atom. The van der Waals surface area contributed by atoms with E-state index in [-0.39, 0.29) is 11.7 Å². The van der Waals surface area contributed by atoms with Crippen LogP contribution in [-0.4, -0.2) is 36.9 Å². The molecule has 29 heavy (non-hydrogen) atoms. The summed E-state index contributed by atoms with van der Waals surface area (Å²) in [6, 6.07) is 2.02. The van der Waals surface area contributed by atoms with Gasteiger partial charge >= 0.3 is 5.97 Å². The van der Waals surface area contributed by atoms with Crippen LogP contribution in [0, 0.1) is 28.6 Å². The van der Waals surface area contributed by atoms with Crippen molar-refractivity contribution in [1.29, 1.82) is 5.26 Å². The number of nitriles is 1. The highest BCUT2D eigenvalue weighted by atomic mass is 32.2. The quantitative estimate of drug-likeness (QED) is 0.238. The van der Waals surface area contributed by atoms with Crippen LogP contribution in [-0.2, 0) is 9.53 Å². The lowest BCUT2D eigenvalue weighted by Crippen LogP contribution is -2.31. The summed E-state index contributed by atoms with van der Waals surface area (Å²) in [5.41, 5.74) is -1.53. The zero-order valence-electron chi connectivity index (χ0n) is 16.6. The maximum absolute atomic E-state index is 14.3. The number of hydrogen-bond donors (Lipinski definition) is 0. The molecule has 0 aromatic heterocycles. The van der Waals surface area contributed by atoms with E-state index in [0.717, 1.165) is 11.8 Å². The number of allylic oxidation sites excluding steroid dienone is 6. The summed E-state index contributed by atoms with van der Waals surface area (Å²) < 4.78 is 61.8. The standard InChI is InChI=1S/C21H23F4NO2S/c1-5-6-11(8-26)7-14-15(21(14,2)3)20(27)28-9-12-16(22)18(24)13(10-29-4)19(25)17(12)23/h5-7,14-16,18H,9-10H2,1-4H3/b6-5+,11-7-/t14-,15+,16?,18?/m1/s1. The van der Waals surface area contributed by atoms with E-state index in [1.54, 1.807) is 45.3 Å². The summed E-state index contributed by atoms with van der Waals surface area (Å²) in [7, 11) is 0. The third kappa shape index (κ3) is 4.61. The average Bonchev–Trinajstić information content (AvgIpc) is 3.22. The van der Waals surface area contributed by atoms with Gasteiger partial charge in [0.25, 0.3) is 0 Å². The Bertz CT molecular complexity index is 838. The van der Waals surface area contributed by atoms with Crippen LogP contribution < -0.4 is 0 Å². The lowest BCUT2D eigenvalue weighted by molar-refractivity contribution is -0.145. The molecule has 0 heterocycles. The number of esters is 1. The Labute approximate surface area is 172 Å². The van der Waals surface area contributed by atoms with Gasteiger partial charge in [-0.3, -0.25) is 4.79 Å². The molecular formula is C21H23F4NO2S. The van der Waals surface area contributed by atoms with Gasteiger partial charge in [-0.25, -0.2) is 17.6 Å². The fraction of sp³-hybridized carbons (Fsp3) is 0.524. The van der Waals surface area contributed by atoms with E-state index in [4.69, 9.17) is 10.00 Å². The molecule has 2 rings (SSSR count). The molecule has 0 aromatic carbocycles. The van der Waals surface area contributed by atoms with E-state index < -0.39 is 59.1 Å². The normalized spacial score (nSPS) is 29.3. The molecule has 2 aliphatic carbocycles. The predicted octanol–water partition coefficient (Wildman–Crippen LogP) is 5.33. The Kier molecular flexibility index (Phi) is 7.39. The molecule has 0 radical (unpaired) electrons. The first-order valence-corrected chi connectivity index (χ1v) is 10.5. The van der Waals surface area contributed by atoms with E-state index in [0.29, 0.717) is 5.57 Å². The maximum Gasteiger partial charge on any atom is 0.310 e. The zero-order chi connectivity index (χ0) is 21.9. The molecular weight excluding hydrogens is 406 g/mol. The van der Waals surface area contributed by atoms with Gasteiger partial charge in [-0.1, -0.05) is 26.0 Å². The Morgan fingerprint density at radius 2 is 1.83 bits per heavy atom. The molecule has 0 aliphatic heterocycles. The second-order valence-corrected chi connectivity index (χ2v) is 8.45. The van der Waals surface area contributed by atoms with Crippen LogP contribution in [0.3, 0.4) is 0 Å². The molecule has 0 amide bonds. The van der Waals surface area contributed by atoms with Gasteiger partial charge < -0.3 is 4.74 Å². The molecule has 0 bridgehead atoms. The number of rotatable bonds is 7. The van der Waals surface area contributed by atoms with Gasteiger partial charge in [0, 0.05) is 22.5 Å². The fourth-order valence-electron chi connectivity index (χ4n) is 3.50. The highest BCUT2D eigenvalue weighted by molar-refractivity contribution is 7.98. The molecule has 2 aliphatic rings. The smallest absolute Gasteiger partial charge is 0.310 e. The third-order valence-corrected chi connectivity index (χ3v) is 5.95. The van der Waals surface area contributed by atoms with Crippen molar-refractivity contribution in [2.24, 2.45) is 17.3 Å². The van der Waals surface area contributed by atoms with Crippen molar-refractivity contribution in [2.45, 2.75) is 33.1 Å². The largest absolute Gasteiger partial charge is 0.461 e. The van der Waals surface area contributed by atoms with Crippen molar-refractivity contribution in [3.05, 3.63) is 46.6 Å². The maximum atomic E-state index is 14.3. The van der Waals surface area contributed by atoms with Gasteiger partial charge in [-0.15, -0.1) is 0 Å². The summed E-state index contributed by atoms with van der Waals surface area (Å²) in [5, 5.41) is 9.12. The summed E-state index contributed by atoms with van der Waals surface area (Å²) in [4.78, 5) is 12.4. The van der Waals surface area contributed by atoms with E-state index in [9.17, 15) is 22.4 Å². The van der Waals surface area contributed by atoms with Crippen LogP contribution in [0.4, 0.5) is 17.6 Å². The number of ether oxygens (including phenoxy) is 1. The molecule has 0 aromatic rings. The molecule has 8 heteroatoms. The van der Waals surface area contributed by atoms with Crippen LogP contribution >= 0.6 is 11.8 Å². The van der Waals surface area contributed by atoms with E-state index in [1.807, 2.05) is 6.07 Å². The molecule has 1 fully saturated rings. The second-order valence-electron chi connectivity index (χ2n) is 7.58. The Hall–Kier alpha value is -2.01. The van der Waals surface area contributed by atoms with Gasteiger partial charge in [0.2, 0.25) is 0 Å². The summed E-state index contributed by atoms with van der Waals surface area (Å²) >= 11 is 1.05. The molecule has 4 atom stereocenters. The number of thioether (sulfide) groups is 1. The lowest BCUT2D eigenvalue weighted by Gasteiger charge is -2.24. The minimum atomic E-state index is -2.41. The number of halogens is 4. The third-order valence-electron chi connectivity index (χ3n) is 5.35. The first-order chi connectivity index (χ1) is 13.6. The number of alkyl halides is 2. The van der Waals surface area contributed by atoms with Crippen molar-refractivity contribution in [1.82, 2.24) is 0 Å². The molecule has 1 saturated carbocycles. The number of hydrogen-bond acceptors (Lipinski definition) is 4. The van der Waals surface area contributed by atoms with E-state index >= 15 is 0 Å². The van der Waals surface area contributed by atoms with Crippen molar-refractivity contribution in [3.63, 3.8) is 0 Å². The first kappa shape index (κ1) is 23.3. The average molecular weight is 429 g/mol. The van der Waals surface area contributed by atoms with Gasteiger partial charge in [0.05, 0.1) is 12.0 Å². The number of carbonyl (C=O) groups excluding carboxylic acids is 1. The van der Waals surface area contributed by atoms with Crippen molar-refractivity contribution >= 4 is 17.7 Å². The topological polar surface area (TPSA) is 50.1 Å². The fourth-order valence-corrected chi connectivity index (χ4v) is 4.10. The minimum Gasteiger partial charge on any atom is -0.461 e. The van der Waals surface area contributed by atoms with Crippen molar-refractivity contribution < 1.29 is 27.1 Å². The molecule has 2 unspecified atom stereocenters. The van der Waals surface area contributed by atoms with Gasteiger partial charge in [-0.2, -0.15) is 17.0 Å². The second kappa shape index (κ2) is 9.21. The van der Waals surface area contributed by atoms with Gasteiger partial charge in [0.1, 0.15) is 6.61 Å². The Morgan fingerprint density at radius 3 is 2.38 bits per heavy atom. The van der Waals surface area contributed by atoms with E-state index in [1.165, 1.54) is 0 Å². The monoisotopic (exact) mass is 429 g/mol. The first-order valence-electron chi connectivity index (χ1n) is 9.07. The number of nitrogens with zero attached hydrogens (tertiary/aromatic N) is 1. The van der Waals surface area contributed by atoms with Crippen LogP contribution in [0.25, 0.3) is 0 Å². The summed E-state index contributed by atoms with van der Waals surface area (Å²) in [5.74, 6) is -4.73. The summed E-state index contributed by atoms with van der Waals surface area (Å²) in [6.07, 6.45) is 1.79. The molecule has 3 nitrogen and oxygen atoms in total. The van der Waals surface area contributed by atoms with Gasteiger partial charge in [-0.05, 0) is 30.6 Å². The zero-order valence-corrected chi connectivity index (χ0v) is 17.5. The van der Waals surface area contributed by atoms with Gasteiger partial charge in [0.15, 0.2) is 24.0 Å². The molecule has 158 valence electrons. The highest BCUT2D eigenvalue weighted by Gasteiger charge is 2.61. The van der Waals surface area contributed by atoms with Crippen LogP contribution in [0.1, 0.15) is 20.8 Å².